The molecule has 0 N–H and O–H groups in total. The highest BCUT2D eigenvalue weighted by molar-refractivity contribution is 5.95. The maximum atomic E-state index is 12.2. The fourth-order valence-electron chi connectivity index (χ4n) is 3.32. The number of rotatable bonds is 2. The first-order valence-corrected chi connectivity index (χ1v) is 8.85. The average molecular weight is 372 g/mol. The summed E-state index contributed by atoms with van der Waals surface area (Å²) < 4.78 is 7.30. The number of fused-ring (bicyclic) bond motifs is 1. The third-order valence-electron chi connectivity index (χ3n) is 4.62. The average Bonchev–Trinajstić information content (AvgIpc) is 2.91. The highest BCUT2D eigenvalue weighted by Crippen LogP contribution is 2.35. The molecule has 3 heterocycles. The van der Waals surface area contributed by atoms with E-state index in [1.165, 1.54) is 6.20 Å². The van der Waals surface area contributed by atoms with Crippen LogP contribution < -0.4 is 0 Å². The van der Waals surface area contributed by atoms with E-state index in [2.05, 4.69) is 4.98 Å². The van der Waals surface area contributed by atoms with Gasteiger partial charge >= 0.3 is 6.09 Å². The van der Waals surface area contributed by atoms with Crippen molar-refractivity contribution in [3.8, 4) is 0 Å². The maximum Gasteiger partial charge on any atom is 0.410 e. The van der Waals surface area contributed by atoms with E-state index in [0.29, 0.717) is 30.7 Å². The number of aromatic nitrogens is 2. The summed E-state index contributed by atoms with van der Waals surface area (Å²) in [5.41, 5.74) is 2.80. The molecule has 8 nitrogen and oxygen atoms in total. The largest absolute Gasteiger partial charge is 0.444 e. The highest BCUT2D eigenvalue weighted by Gasteiger charge is 2.26. The molecule has 2 aromatic rings. The molecule has 0 saturated heterocycles. The fourth-order valence-corrected chi connectivity index (χ4v) is 3.32. The Labute approximate surface area is 157 Å². The topological polar surface area (TPSA) is 90.5 Å². The van der Waals surface area contributed by atoms with Crippen LogP contribution in [0.1, 0.15) is 38.3 Å². The zero-order valence-electron chi connectivity index (χ0n) is 16.3. The van der Waals surface area contributed by atoms with Gasteiger partial charge in [-0.1, -0.05) is 6.08 Å². The molecule has 144 valence electrons. The molecule has 8 heteroatoms. The van der Waals surface area contributed by atoms with Crippen molar-refractivity contribution in [2.45, 2.75) is 39.7 Å². The molecule has 27 heavy (non-hydrogen) atoms. The van der Waals surface area contributed by atoms with Crippen LogP contribution in [-0.2, 0) is 11.8 Å². The van der Waals surface area contributed by atoms with E-state index in [4.69, 9.17) is 4.74 Å². The molecular weight excluding hydrogens is 348 g/mol. The third-order valence-corrected chi connectivity index (χ3v) is 4.62. The Morgan fingerprint density at radius 2 is 2.07 bits per heavy atom. The Hall–Kier alpha value is -2.90. The summed E-state index contributed by atoms with van der Waals surface area (Å²) in [5.74, 6) is 0. The Balaban J connectivity index is 1.94. The molecule has 2 aromatic heterocycles. The van der Waals surface area contributed by atoms with Crippen molar-refractivity contribution in [3.63, 3.8) is 0 Å². The van der Waals surface area contributed by atoms with Crippen LogP contribution in [0.25, 0.3) is 16.6 Å². The van der Waals surface area contributed by atoms with Crippen molar-refractivity contribution < 1.29 is 14.5 Å². The summed E-state index contributed by atoms with van der Waals surface area (Å²) in [4.78, 5) is 29.0. The number of hydrogen-bond donors (Lipinski definition) is 0. The van der Waals surface area contributed by atoms with Gasteiger partial charge in [0.1, 0.15) is 17.4 Å². The first-order valence-electron chi connectivity index (χ1n) is 8.85. The smallest absolute Gasteiger partial charge is 0.410 e. The van der Waals surface area contributed by atoms with Crippen molar-refractivity contribution in [3.05, 3.63) is 39.7 Å². The van der Waals surface area contributed by atoms with Gasteiger partial charge in [-0.2, -0.15) is 0 Å². The van der Waals surface area contributed by atoms with Crippen LogP contribution in [0.5, 0.6) is 0 Å². The van der Waals surface area contributed by atoms with Crippen molar-refractivity contribution in [2.75, 3.05) is 13.1 Å². The molecule has 1 amide bonds. The number of hydrogen-bond acceptors (Lipinski definition) is 5. The van der Waals surface area contributed by atoms with E-state index in [1.807, 2.05) is 44.7 Å². The lowest BCUT2D eigenvalue weighted by molar-refractivity contribution is -0.385. The van der Waals surface area contributed by atoms with E-state index in [9.17, 15) is 14.9 Å². The number of carbonyl (C=O) groups is 1. The summed E-state index contributed by atoms with van der Waals surface area (Å²) in [6.07, 6.45) is 5.56. The van der Waals surface area contributed by atoms with Gasteiger partial charge in [-0.15, -0.1) is 0 Å². The van der Waals surface area contributed by atoms with Crippen LogP contribution in [0.3, 0.4) is 0 Å². The van der Waals surface area contributed by atoms with Crippen molar-refractivity contribution in [1.29, 1.82) is 0 Å². The molecule has 0 unspecified atom stereocenters. The number of nitrogens with zero attached hydrogens (tertiary/aromatic N) is 4. The Bertz CT molecular complexity index is 953. The second-order valence-electron chi connectivity index (χ2n) is 7.78. The van der Waals surface area contributed by atoms with Crippen LogP contribution in [-0.4, -0.2) is 44.2 Å². The molecule has 1 aliphatic rings. The lowest BCUT2D eigenvalue weighted by atomic mass is 9.97. The predicted octanol–water partition coefficient (Wildman–Crippen LogP) is 3.81. The van der Waals surface area contributed by atoms with Gasteiger partial charge in [0.15, 0.2) is 0 Å². The molecule has 0 aromatic carbocycles. The minimum absolute atomic E-state index is 0.0155. The molecule has 0 fully saturated rings. The second kappa shape index (κ2) is 6.68. The number of amides is 1. The summed E-state index contributed by atoms with van der Waals surface area (Å²) in [5, 5.41) is 12.1. The number of nitro groups is 1. The molecule has 0 atom stereocenters. The van der Waals surface area contributed by atoms with Crippen LogP contribution in [0.15, 0.2) is 18.5 Å². The SMILES string of the molecule is Cc1c([N+](=O)[O-])cnc2c1c(C1=CCN(C(=O)OC(C)(C)C)CC1)cn2C. The monoisotopic (exact) mass is 372 g/mol. The molecular formula is C19H24N4O4. The van der Waals surface area contributed by atoms with Crippen molar-refractivity contribution in [1.82, 2.24) is 14.5 Å². The van der Waals surface area contributed by atoms with Crippen LogP contribution in [0.2, 0.25) is 0 Å². The first-order chi connectivity index (χ1) is 12.6. The van der Waals surface area contributed by atoms with Gasteiger partial charge in [-0.25, -0.2) is 9.78 Å². The van der Waals surface area contributed by atoms with E-state index < -0.39 is 10.5 Å². The summed E-state index contributed by atoms with van der Waals surface area (Å²) >= 11 is 0. The maximum absolute atomic E-state index is 12.2. The van der Waals surface area contributed by atoms with E-state index >= 15 is 0 Å². The van der Waals surface area contributed by atoms with Gasteiger partial charge in [-0.3, -0.25) is 10.1 Å². The van der Waals surface area contributed by atoms with E-state index in [-0.39, 0.29) is 11.8 Å². The lowest BCUT2D eigenvalue weighted by Gasteiger charge is -2.29. The quantitative estimate of drug-likeness (QED) is 0.590. The highest BCUT2D eigenvalue weighted by atomic mass is 16.6. The van der Waals surface area contributed by atoms with Crippen LogP contribution in [0, 0.1) is 17.0 Å². The van der Waals surface area contributed by atoms with Crippen LogP contribution >= 0.6 is 0 Å². The number of carbonyl (C=O) groups excluding carboxylic acids is 1. The number of ether oxygens (including phenoxy) is 1. The zero-order chi connectivity index (χ0) is 19.9. The normalized spacial score (nSPS) is 15.0. The summed E-state index contributed by atoms with van der Waals surface area (Å²) in [6, 6.07) is 0. The van der Waals surface area contributed by atoms with Crippen LogP contribution in [0.4, 0.5) is 10.5 Å². The third kappa shape index (κ3) is 3.65. The van der Waals surface area contributed by atoms with Gasteiger partial charge in [0.2, 0.25) is 0 Å². The minimum Gasteiger partial charge on any atom is -0.444 e. The Kier molecular flexibility index (Phi) is 4.67. The standard InChI is InChI=1S/C19H24N4O4/c1-12-15(23(25)26)10-20-17-16(12)14(11-21(17)5)13-6-8-22(9-7-13)18(24)27-19(2,3)4/h6,10-11H,7-9H2,1-5H3. The molecule has 3 rings (SSSR count). The molecule has 0 saturated carbocycles. The molecule has 0 bridgehead atoms. The minimum atomic E-state index is -0.529. The fraction of sp³-hybridized carbons (Fsp3) is 0.474. The van der Waals surface area contributed by atoms with Gasteiger partial charge in [0.25, 0.3) is 5.69 Å². The van der Waals surface area contributed by atoms with Crippen molar-refractivity contribution >= 4 is 28.4 Å². The van der Waals surface area contributed by atoms with Gasteiger partial charge < -0.3 is 14.2 Å². The van der Waals surface area contributed by atoms with E-state index in [1.54, 1.807) is 11.8 Å². The molecule has 0 radical (unpaired) electrons. The van der Waals surface area contributed by atoms with E-state index in [0.717, 1.165) is 16.5 Å². The van der Waals surface area contributed by atoms with Gasteiger partial charge in [0.05, 0.1) is 4.92 Å². The number of pyridine rings is 1. The van der Waals surface area contributed by atoms with Gasteiger partial charge in [0, 0.05) is 42.8 Å². The zero-order valence-corrected chi connectivity index (χ0v) is 16.3. The molecule has 0 spiro atoms. The lowest BCUT2D eigenvalue weighted by Crippen LogP contribution is -2.39. The summed E-state index contributed by atoms with van der Waals surface area (Å²) in [6.45, 7) is 8.27. The Morgan fingerprint density at radius 1 is 1.37 bits per heavy atom. The second-order valence-corrected chi connectivity index (χ2v) is 7.78. The van der Waals surface area contributed by atoms with Gasteiger partial charge in [-0.05, 0) is 39.7 Å². The summed E-state index contributed by atoms with van der Waals surface area (Å²) in [7, 11) is 1.88. The number of aryl methyl sites for hydroxylation is 2. The van der Waals surface area contributed by atoms with Crippen molar-refractivity contribution in [2.24, 2.45) is 7.05 Å². The molecule has 1 aliphatic heterocycles. The Morgan fingerprint density at radius 3 is 2.63 bits per heavy atom. The predicted molar refractivity (Wildman–Crippen MR) is 103 cm³/mol. The molecule has 0 aliphatic carbocycles. The first kappa shape index (κ1) is 18.9.